The van der Waals surface area contributed by atoms with Crippen LogP contribution in [-0.4, -0.2) is 37.0 Å². The van der Waals surface area contributed by atoms with Crippen molar-refractivity contribution in [2.45, 2.75) is 33.7 Å². The van der Waals surface area contributed by atoms with E-state index in [0.29, 0.717) is 6.04 Å². The lowest BCUT2D eigenvalue weighted by molar-refractivity contribution is -0.132. The van der Waals surface area contributed by atoms with Crippen LogP contribution in [0.3, 0.4) is 0 Å². The lowest BCUT2D eigenvalue weighted by Gasteiger charge is -2.19. The molecular weight excluding hydrogens is 252 g/mol. The third kappa shape index (κ3) is 4.85. The summed E-state index contributed by atoms with van der Waals surface area (Å²) in [7, 11) is 0. The molecule has 1 atom stereocenters. The second kappa shape index (κ2) is 8.59. The first kappa shape index (κ1) is 16.5. The van der Waals surface area contributed by atoms with Crippen molar-refractivity contribution < 1.29 is 9.53 Å². The van der Waals surface area contributed by atoms with Crippen LogP contribution in [0.5, 0.6) is 5.75 Å². The molecule has 1 unspecified atom stereocenters. The molecule has 0 radical (unpaired) electrons. The summed E-state index contributed by atoms with van der Waals surface area (Å²) in [6.07, 6.45) is 0. The van der Waals surface area contributed by atoms with Crippen molar-refractivity contribution in [2.24, 2.45) is 0 Å². The van der Waals surface area contributed by atoms with E-state index in [0.717, 1.165) is 25.4 Å². The maximum Gasteiger partial charge on any atom is 0.260 e. The van der Waals surface area contributed by atoms with Gasteiger partial charge in [-0.05, 0) is 45.0 Å². The lowest BCUT2D eigenvalue weighted by Crippen LogP contribution is -2.34. The van der Waals surface area contributed by atoms with Crippen LogP contribution in [0.1, 0.15) is 39.3 Å². The third-order valence-electron chi connectivity index (χ3n) is 3.37. The summed E-state index contributed by atoms with van der Waals surface area (Å²) in [4.78, 5) is 13.6. The van der Waals surface area contributed by atoms with E-state index < -0.39 is 0 Å². The van der Waals surface area contributed by atoms with Crippen molar-refractivity contribution in [1.29, 1.82) is 0 Å². The Morgan fingerprint density at radius 1 is 1.20 bits per heavy atom. The van der Waals surface area contributed by atoms with Gasteiger partial charge in [0.2, 0.25) is 0 Å². The molecule has 20 heavy (non-hydrogen) atoms. The SMILES string of the molecule is CCNC(C)c1ccc(OCC(=O)N(CC)CC)cc1. The Bertz CT molecular complexity index is 399. The zero-order valence-electron chi connectivity index (χ0n) is 13.0. The molecule has 0 bridgehead atoms. The second-order valence-corrected chi connectivity index (χ2v) is 4.70. The molecule has 0 fully saturated rings. The largest absolute Gasteiger partial charge is 0.484 e. The Morgan fingerprint density at radius 3 is 2.30 bits per heavy atom. The Hall–Kier alpha value is -1.55. The summed E-state index contributed by atoms with van der Waals surface area (Å²) in [6, 6.07) is 8.22. The Morgan fingerprint density at radius 2 is 1.80 bits per heavy atom. The molecule has 0 aliphatic rings. The van der Waals surface area contributed by atoms with Crippen LogP contribution in [0.15, 0.2) is 24.3 Å². The molecule has 4 heteroatoms. The van der Waals surface area contributed by atoms with Gasteiger partial charge in [0.05, 0.1) is 0 Å². The van der Waals surface area contributed by atoms with Gasteiger partial charge in [-0.15, -0.1) is 0 Å². The number of rotatable bonds is 8. The van der Waals surface area contributed by atoms with Crippen molar-refractivity contribution in [3.8, 4) is 5.75 Å². The first-order valence-electron chi connectivity index (χ1n) is 7.36. The molecule has 1 N–H and O–H groups in total. The van der Waals surface area contributed by atoms with Gasteiger partial charge in [0.15, 0.2) is 6.61 Å². The number of ether oxygens (including phenoxy) is 1. The Kier molecular flexibility index (Phi) is 7.09. The normalized spacial score (nSPS) is 12.0. The predicted octanol–water partition coefficient (Wildman–Crippen LogP) is 2.60. The standard InChI is InChI=1S/C16H26N2O2/c1-5-17-13(4)14-8-10-15(11-9-14)20-12-16(19)18(6-2)7-3/h8-11,13,17H,5-7,12H2,1-4H3. The average Bonchev–Trinajstić information content (AvgIpc) is 2.47. The molecule has 1 aromatic carbocycles. The molecule has 0 saturated heterocycles. The van der Waals surface area contributed by atoms with E-state index in [9.17, 15) is 4.79 Å². The predicted molar refractivity (Wildman–Crippen MR) is 82.0 cm³/mol. The van der Waals surface area contributed by atoms with Gasteiger partial charge in [-0.25, -0.2) is 0 Å². The van der Waals surface area contributed by atoms with E-state index in [4.69, 9.17) is 4.74 Å². The highest BCUT2D eigenvalue weighted by atomic mass is 16.5. The van der Waals surface area contributed by atoms with E-state index >= 15 is 0 Å². The number of nitrogens with zero attached hydrogens (tertiary/aromatic N) is 1. The molecule has 112 valence electrons. The first-order chi connectivity index (χ1) is 9.62. The van der Waals surface area contributed by atoms with Gasteiger partial charge in [0.1, 0.15) is 5.75 Å². The van der Waals surface area contributed by atoms with Crippen molar-refractivity contribution >= 4 is 5.91 Å². The summed E-state index contributed by atoms with van der Waals surface area (Å²) in [5, 5.41) is 3.36. The van der Waals surface area contributed by atoms with Gasteiger partial charge < -0.3 is 15.0 Å². The van der Waals surface area contributed by atoms with Crippen LogP contribution < -0.4 is 10.1 Å². The topological polar surface area (TPSA) is 41.6 Å². The molecule has 1 aromatic rings. The van der Waals surface area contributed by atoms with Crippen LogP contribution in [0.4, 0.5) is 0 Å². The van der Waals surface area contributed by atoms with Crippen LogP contribution in [0.25, 0.3) is 0 Å². The highest BCUT2D eigenvalue weighted by Crippen LogP contribution is 2.17. The molecule has 0 saturated carbocycles. The summed E-state index contributed by atoms with van der Waals surface area (Å²) in [5.41, 5.74) is 1.22. The van der Waals surface area contributed by atoms with Gasteiger partial charge in [-0.2, -0.15) is 0 Å². The minimum absolute atomic E-state index is 0.0279. The van der Waals surface area contributed by atoms with Gasteiger partial charge in [-0.3, -0.25) is 4.79 Å². The van der Waals surface area contributed by atoms with E-state index in [-0.39, 0.29) is 12.5 Å². The molecule has 0 aliphatic heterocycles. The first-order valence-corrected chi connectivity index (χ1v) is 7.36. The number of benzene rings is 1. The molecule has 0 aromatic heterocycles. The quantitative estimate of drug-likeness (QED) is 0.794. The van der Waals surface area contributed by atoms with Crippen LogP contribution in [0.2, 0.25) is 0 Å². The molecular formula is C16H26N2O2. The number of amides is 1. The molecule has 0 aliphatic carbocycles. The minimum atomic E-state index is 0.0279. The Balaban J connectivity index is 2.51. The van der Waals surface area contributed by atoms with Crippen LogP contribution in [0, 0.1) is 0 Å². The van der Waals surface area contributed by atoms with Crippen LogP contribution in [-0.2, 0) is 4.79 Å². The maximum absolute atomic E-state index is 11.8. The van der Waals surface area contributed by atoms with Crippen molar-refractivity contribution in [2.75, 3.05) is 26.2 Å². The third-order valence-corrected chi connectivity index (χ3v) is 3.37. The number of hydrogen-bond donors (Lipinski definition) is 1. The number of hydrogen-bond acceptors (Lipinski definition) is 3. The molecule has 1 rings (SSSR count). The van der Waals surface area contributed by atoms with Crippen molar-refractivity contribution in [1.82, 2.24) is 10.2 Å². The van der Waals surface area contributed by atoms with Crippen LogP contribution >= 0.6 is 0 Å². The fourth-order valence-electron chi connectivity index (χ4n) is 2.09. The summed E-state index contributed by atoms with van der Waals surface area (Å²) >= 11 is 0. The average molecular weight is 278 g/mol. The molecule has 1 amide bonds. The molecule has 0 heterocycles. The summed E-state index contributed by atoms with van der Waals surface area (Å²) in [6.45, 7) is 10.6. The minimum Gasteiger partial charge on any atom is -0.484 e. The number of carbonyl (C=O) groups excluding carboxylic acids is 1. The van der Waals surface area contributed by atoms with E-state index in [2.05, 4.69) is 19.2 Å². The van der Waals surface area contributed by atoms with Gasteiger partial charge in [-0.1, -0.05) is 19.1 Å². The highest BCUT2D eigenvalue weighted by molar-refractivity contribution is 5.77. The smallest absolute Gasteiger partial charge is 0.260 e. The highest BCUT2D eigenvalue weighted by Gasteiger charge is 2.10. The summed E-state index contributed by atoms with van der Waals surface area (Å²) < 4.78 is 5.54. The molecule has 4 nitrogen and oxygen atoms in total. The fraction of sp³-hybridized carbons (Fsp3) is 0.562. The second-order valence-electron chi connectivity index (χ2n) is 4.70. The number of likely N-dealkylation sites (N-methyl/N-ethyl adjacent to an activating group) is 1. The van der Waals surface area contributed by atoms with Gasteiger partial charge in [0.25, 0.3) is 5.91 Å². The van der Waals surface area contributed by atoms with E-state index in [1.54, 1.807) is 4.90 Å². The number of nitrogens with one attached hydrogen (secondary N) is 1. The lowest BCUT2D eigenvalue weighted by atomic mass is 10.1. The van der Waals surface area contributed by atoms with Crippen molar-refractivity contribution in [3.05, 3.63) is 29.8 Å². The summed E-state index contributed by atoms with van der Waals surface area (Å²) in [5.74, 6) is 0.762. The maximum atomic E-state index is 11.8. The van der Waals surface area contributed by atoms with Crippen molar-refractivity contribution in [3.63, 3.8) is 0 Å². The van der Waals surface area contributed by atoms with E-state index in [1.807, 2.05) is 38.1 Å². The molecule has 0 spiro atoms. The van der Waals surface area contributed by atoms with Gasteiger partial charge in [0, 0.05) is 19.1 Å². The fourth-order valence-corrected chi connectivity index (χ4v) is 2.09. The van der Waals surface area contributed by atoms with Gasteiger partial charge >= 0.3 is 0 Å². The van der Waals surface area contributed by atoms with E-state index in [1.165, 1.54) is 5.56 Å². The Labute approximate surface area is 122 Å². The number of carbonyl (C=O) groups is 1. The zero-order chi connectivity index (χ0) is 15.0. The monoisotopic (exact) mass is 278 g/mol. The zero-order valence-corrected chi connectivity index (χ0v) is 13.0.